The Balaban J connectivity index is 1.89. The molecule has 2 heterocycles. The van der Waals surface area contributed by atoms with Crippen molar-refractivity contribution in [1.82, 2.24) is 15.0 Å². The van der Waals surface area contributed by atoms with Gasteiger partial charge in [-0.15, -0.1) is 5.10 Å². The maximum atomic E-state index is 13.3. The number of fused-ring (bicyclic) bond motifs is 3. The molecule has 4 rings (SSSR count). The molecular weight excluding hydrogens is 334 g/mol. The molecule has 4 nitrogen and oxygen atoms in total. The molecule has 0 fully saturated rings. The molecular formula is C17H13ClF2N4. The van der Waals surface area contributed by atoms with Crippen LogP contribution in [-0.2, 0) is 6.54 Å². The van der Waals surface area contributed by atoms with Crippen molar-refractivity contribution in [1.29, 1.82) is 0 Å². The van der Waals surface area contributed by atoms with Crippen LogP contribution >= 0.6 is 11.6 Å². The number of hydrogen-bond donors (Lipinski definition) is 0. The summed E-state index contributed by atoms with van der Waals surface area (Å²) in [6.07, 6.45) is -2.66. The highest BCUT2D eigenvalue weighted by atomic mass is 35.5. The Morgan fingerprint density at radius 2 is 1.75 bits per heavy atom. The second-order valence-electron chi connectivity index (χ2n) is 5.49. The Hall–Kier alpha value is -2.47. The summed E-state index contributed by atoms with van der Waals surface area (Å²) >= 11 is 5.97. The van der Waals surface area contributed by atoms with E-state index in [9.17, 15) is 8.78 Å². The molecule has 0 atom stereocenters. The molecule has 0 saturated heterocycles. The van der Waals surface area contributed by atoms with Crippen LogP contribution in [0, 0.1) is 0 Å². The van der Waals surface area contributed by atoms with E-state index in [-0.39, 0.29) is 5.69 Å². The average Bonchev–Trinajstić information content (AvgIpc) is 2.94. The van der Waals surface area contributed by atoms with Gasteiger partial charge in [0.1, 0.15) is 0 Å². The van der Waals surface area contributed by atoms with Crippen LogP contribution in [0.1, 0.15) is 12.1 Å². The highest BCUT2D eigenvalue weighted by molar-refractivity contribution is 6.30. The van der Waals surface area contributed by atoms with Gasteiger partial charge in [-0.05, 0) is 30.3 Å². The van der Waals surface area contributed by atoms with Crippen molar-refractivity contribution in [2.24, 2.45) is 0 Å². The zero-order valence-electron chi connectivity index (χ0n) is 12.5. The van der Waals surface area contributed by atoms with Gasteiger partial charge in [-0.1, -0.05) is 35.0 Å². The van der Waals surface area contributed by atoms with Crippen LogP contribution in [0.3, 0.4) is 0 Å². The van der Waals surface area contributed by atoms with Gasteiger partial charge in [0.25, 0.3) is 6.43 Å². The number of anilines is 2. The summed E-state index contributed by atoms with van der Waals surface area (Å²) in [5.41, 5.74) is 2.61. The molecule has 0 aliphatic carbocycles. The SMILES string of the molecule is FC(F)c1nnn2c1-c1ccccc1N(c1ccc(Cl)cc1)CC2. The van der Waals surface area contributed by atoms with E-state index in [0.717, 1.165) is 11.4 Å². The number of hydrogen-bond acceptors (Lipinski definition) is 3. The van der Waals surface area contributed by atoms with Gasteiger partial charge in [-0.3, -0.25) is 0 Å². The number of para-hydroxylation sites is 1. The lowest BCUT2D eigenvalue weighted by molar-refractivity contribution is 0.146. The minimum absolute atomic E-state index is 0.277. The van der Waals surface area contributed by atoms with Crippen LogP contribution in [0.15, 0.2) is 48.5 Å². The molecule has 0 N–H and O–H groups in total. The van der Waals surface area contributed by atoms with Crippen LogP contribution in [0.5, 0.6) is 0 Å². The third kappa shape index (κ3) is 2.43. The molecule has 0 amide bonds. The van der Waals surface area contributed by atoms with Crippen molar-refractivity contribution >= 4 is 23.0 Å². The molecule has 7 heteroatoms. The first kappa shape index (κ1) is 15.1. The molecule has 0 spiro atoms. The second kappa shape index (κ2) is 5.87. The fourth-order valence-electron chi connectivity index (χ4n) is 3.02. The monoisotopic (exact) mass is 346 g/mol. The molecule has 2 aromatic carbocycles. The van der Waals surface area contributed by atoms with Gasteiger partial charge < -0.3 is 4.90 Å². The van der Waals surface area contributed by atoms with E-state index in [1.807, 2.05) is 48.5 Å². The third-order valence-corrected chi connectivity index (χ3v) is 4.34. The van der Waals surface area contributed by atoms with Crippen LogP contribution in [0.4, 0.5) is 20.2 Å². The van der Waals surface area contributed by atoms with Crippen molar-refractivity contribution < 1.29 is 8.78 Å². The Morgan fingerprint density at radius 3 is 2.50 bits per heavy atom. The predicted octanol–water partition coefficient (Wildman–Crippen LogP) is 4.69. The van der Waals surface area contributed by atoms with E-state index in [1.165, 1.54) is 0 Å². The number of alkyl halides is 2. The van der Waals surface area contributed by atoms with Crippen molar-refractivity contribution in [2.75, 3.05) is 11.4 Å². The van der Waals surface area contributed by atoms with Gasteiger partial charge in [0, 0.05) is 22.8 Å². The number of aromatic nitrogens is 3. The normalized spacial score (nSPS) is 13.6. The van der Waals surface area contributed by atoms with Crippen LogP contribution in [0.25, 0.3) is 11.3 Å². The summed E-state index contributed by atoms with van der Waals surface area (Å²) in [5, 5.41) is 8.24. The van der Waals surface area contributed by atoms with E-state index in [4.69, 9.17) is 11.6 Å². The molecule has 0 radical (unpaired) electrons. The van der Waals surface area contributed by atoms with E-state index in [0.29, 0.717) is 29.4 Å². The fraction of sp³-hybridized carbons (Fsp3) is 0.176. The topological polar surface area (TPSA) is 34.0 Å². The van der Waals surface area contributed by atoms with E-state index < -0.39 is 6.43 Å². The van der Waals surface area contributed by atoms with E-state index in [2.05, 4.69) is 15.2 Å². The lowest BCUT2D eigenvalue weighted by atomic mass is 10.1. The molecule has 1 aromatic heterocycles. The summed E-state index contributed by atoms with van der Waals surface area (Å²) in [6, 6.07) is 14.9. The Bertz CT molecular complexity index is 877. The summed E-state index contributed by atoms with van der Waals surface area (Å²) < 4.78 is 28.2. The van der Waals surface area contributed by atoms with E-state index >= 15 is 0 Å². The summed E-state index contributed by atoms with van der Waals surface area (Å²) in [5.74, 6) is 0. The second-order valence-corrected chi connectivity index (χ2v) is 5.93. The quantitative estimate of drug-likeness (QED) is 0.675. The average molecular weight is 347 g/mol. The van der Waals surface area contributed by atoms with Gasteiger partial charge in [0.2, 0.25) is 0 Å². The summed E-state index contributed by atoms with van der Waals surface area (Å²) in [6.45, 7) is 1.06. The zero-order valence-corrected chi connectivity index (χ0v) is 13.3. The first-order valence-electron chi connectivity index (χ1n) is 7.49. The number of nitrogens with zero attached hydrogens (tertiary/aromatic N) is 4. The Morgan fingerprint density at radius 1 is 1.00 bits per heavy atom. The van der Waals surface area contributed by atoms with Gasteiger partial charge in [0.15, 0.2) is 5.69 Å². The number of rotatable bonds is 2. The fourth-order valence-corrected chi connectivity index (χ4v) is 3.15. The first-order chi connectivity index (χ1) is 11.6. The van der Waals surface area contributed by atoms with Gasteiger partial charge in [0.05, 0.1) is 17.9 Å². The van der Waals surface area contributed by atoms with E-state index in [1.54, 1.807) is 4.68 Å². The molecule has 0 unspecified atom stereocenters. The maximum Gasteiger partial charge on any atom is 0.284 e. The van der Waals surface area contributed by atoms with Crippen LogP contribution < -0.4 is 4.90 Å². The lowest BCUT2D eigenvalue weighted by Crippen LogP contribution is -2.21. The number of benzene rings is 2. The van der Waals surface area contributed by atoms with Crippen LogP contribution in [-0.4, -0.2) is 21.5 Å². The molecule has 0 saturated carbocycles. The smallest absolute Gasteiger partial charge is 0.284 e. The van der Waals surface area contributed by atoms with Gasteiger partial charge >= 0.3 is 0 Å². The molecule has 122 valence electrons. The first-order valence-corrected chi connectivity index (χ1v) is 7.87. The molecule has 1 aliphatic heterocycles. The standard InChI is InChI=1S/C17H13ClF2N4/c18-11-5-7-12(8-6-11)23-9-10-24-16(15(17(19)20)21-22-24)13-3-1-2-4-14(13)23/h1-8,17H,9-10H2. The van der Waals surface area contributed by atoms with Crippen molar-refractivity contribution in [3.05, 3.63) is 59.2 Å². The minimum Gasteiger partial charge on any atom is -0.339 e. The molecule has 24 heavy (non-hydrogen) atoms. The highest BCUT2D eigenvalue weighted by Gasteiger charge is 2.28. The molecule has 0 bridgehead atoms. The predicted molar refractivity (Wildman–Crippen MR) is 88.9 cm³/mol. The lowest BCUT2D eigenvalue weighted by Gasteiger charge is -2.24. The Kier molecular flexibility index (Phi) is 3.69. The zero-order chi connectivity index (χ0) is 16.7. The number of halogens is 3. The van der Waals surface area contributed by atoms with Crippen molar-refractivity contribution in [3.63, 3.8) is 0 Å². The van der Waals surface area contributed by atoms with Gasteiger partial charge in [-0.2, -0.15) is 0 Å². The summed E-state index contributed by atoms with van der Waals surface area (Å²) in [4.78, 5) is 2.08. The third-order valence-electron chi connectivity index (χ3n) is 4.09. The highest BCUT2D eigenvalue weighted by Crippen LogP contribution is 2.40. The van der Waals surface area contributed by atoms with Crippen molar-refractivity contribution in [3.8, 4) is 11.3 Å². The van der Waals surface area contributed by atoms with Crippen LogP contribution in [0.2, 0.25) is 5.02 Å². The van der Waals surface area contributed by atoms with Gasteiger partial charge in [-0.25, -0.2) is 13.5 Å². The largest absolute Gasteiger partial charge is 0.339 e. The summed E-state index contributed by atoms with van der Waals surface area (Å²) in [7, 11) is 0. The maximum absolute atomic E-state index is 13.3. The molecule has 1 aliphatic rings. The Labute approximate surface area is 142 Å². The molecule has 3 aromatic rings. The minimum atomic E-state index is -2.66. The van der Waals surface area contributed by atoms with Crippen molar-refractivity contribution in [2.45, 2.75) is 13.0 Å².